The molecule has 32 heavy (non-hydrogen) atoms. The van der Waals surface area contributed by atoms with Crippen molar-refractivity contribution >= 4 is 34.5 Å². The zero-order valence-electron chi connectivity index (χ0n) is 17.4. The number of non-ortho nitro benzene ring substituents is 1. The van der Waals surface area contributed by atoms with Gasteiger partial charge in [0.1, 0.15) is 18.1 Å². The fourth-order valence-corrected chi connectivity index (χ4v) is 3.57. The van der Waals surface area contributed by atoms with Gasteiger partial charge in [-0.3, -0.25) is 19.8 Å². The first-order valence-electron chi connectivity index (χ1n) is 10.2. The largest absolute Gasteiger partial charge is 0.488 e. The number of ether oxygens (including phenoxy) is 1. The van der Waals surface area contributed by atoms with Crippen LogP contribution >= 0.6 is 0 Å². The number of amides is 3. The lowest BCUT2D eigenvalue weighted by molar-refractivity contribution is -0.384. The number of nitrogens with one attached hydrogen (secondary N) is 1. The number of carbonyl (C=O) groups excluding carboxylic acids is 2. The van der Waals surface area contributed by atoms with Gasteiger partial charge in [-0.15, -0.1) is 0 Å². The summed E-state index contributed by atoms with van der Waals surface area (Å²) in [5, 5.41) is 15.3. The molecule has 1 N–H and O–H groups in total. The topological polar surface area (TPSA) is 102 Å². The number of benzene rings is 3. The molecule has 1 heterocycles. The van der Waals surface area contributed by atoms with Gasteiger partial charge < -0.3 is 10.1 Å². The van der Waals surface area contributed by atoms with E-state index in [-0.39, 0.29) is 23.9 Å². The number of urea groups is 1. The fraction of sp³-hybridized carbons (Fsp3) is 0.167. The smallest absolute Gasteiger partial charge is 0.329 e. The van der Waals surface area contributed by atoms with Crippen LogP contribution in [0.2, 0.25) is 0 Å². The van der Waals surface area contributed by atoms with E-state index in [1.165, 1.54) is 17.0 Å². The first-order valence-corrected chi connectivity index (χ1v) is 10.2. The zero-order valence-corrected chi connectivity index (χ0v) is 17.4. The van der Waals surface area contributed by atoms with Crippen molar-refractivity contribution in [3.05, 3.63) is 87.6 Å². The molecular formula is C24H21N3O5. The molecule has 3 aromatic rings. The number of fused-ring (bicyclic) bond motifs is 1. The molecule has 162 valence electrons. The number of nitro benzene ring substituents is 1. The third kappa shape index (κ3) is 4.15. The Labute approximate surface area is 184 Å². The highest BCUT2D eigenvalue weighted by molar-refractivity contribution is 6.14. The number of hydrogen-bond acceptors (Lipinski definition) is 5. The molecule has 0 bridgehead atoms. The maximum absolute atomic E-state index is 12.7. The summed E-state index contributed by atoms with van der Waals surface area (Å²) in [4.78, 5) is 36.5. The Bertz CT molecular complexity index is 1230. The van der Waals surface area contributed by atoms with E-state index in [1.54, 1.807) is 18.2 Å². The molecule has 1 aliphatic rings. The molecule has 1 saturated heterocycles. The molecule has 0 radical (unpaired) electrons. The Kier molecular flexibility index (Phi) is 5.85. The molecule has 3 aromatic carbocycles. The average Bonchev–Trinajstić information content (AvgIpc) is 3.06. The molecule has 0 atom stereocenters. The van der Waals surface area contributed by atoms with Crippen molar-refractivity contribution in [3.63, 3.8) is 0 Å². The standard InChI is InChI=1S/C24H21N3O5/c1-2-13-26-23(28)21(25-24(26)29)14-20-19-6-4-3-5-17(19)9-12-22(20)32-15-16-7-10-18(11-8-16)27(30)31/h3-12,14H,2,13,15H2,1H3,(H,25,29)/b21-14+. The molecule has 0 spiro atoms. The predicted molar refractivity (Wildman–Crippen MR) is 120 cm³/mol. The van der Waals surface area contributed by atoms with Crippen molar-refractivity contribution in [1.82, 2.24) is 10.2 Å². The lowest BCUT2D eigenvalue weighted by Gasteiger charge is -2.13. The van der Waals surface area contributed by atoms with E-state index in [0.717, 1.165) is 16.3 Å². The molecule has 4 rings (SSSR count). The normalized spacial score (nSPS) is 14.8. The Balaban J connectivity index is 1.68. The third-order valence-corrected chi connectivity index (χ3v) is 5.17. The average molecular weight is 431 g/mol. The second-order valence-corrected chi connectivity index (χ2v) is 7.36. The van der Waals surface area contributed by atoms with Crippen LogP contribution in [-0.4, -0.2) is 28.3 Å². The van der Waals surface area contributed by atoms with Crippen LogP contribution in [-0.2, 0) is 11.4 Å². The SMILES string of the molecule is CCCN1C(=O)N/C(=C/c2c(OCc3ccc([N+](=O)[O-])cc3)ccc3ccccc23)C1=O. The van der Waals surface area contributed by atoms with Gasteiger partial charge in [-0.2, -0.15) is 0 Å². The maximum atomic E-state index is 12.7. The molecule has 0 saturated carbocycles. The van der Waals surface area contributed by atoms with Gasteiger partial charge in [-0.05, 0) is 47.0 Å². The van der Waals surface area contributed by atoms with Crippen LogP contribution < -0.4 is 10.1 Å². The van der Waals surface area contributed by atoms with Gasteiger partial charge in [0.15, 0.2) is 0 Å². The van der Waals surface area contributed by atoms with Gasteiger partial charge in [0, 0.05) is 24.2 Å². The fourth-order valence-electron chi connectivity index (χ4n) is 3.57. The molecule has 8 heteroatoms. The molecular weight excluding hydrogens is 410 g/mol. The van der Waals surface area contributed by atoms with E-state index in [9.17, 15) is 19.7 Å². The summed E-state index contributed by atoms with van der Waals surface area (Å²) >= 11 is 0. The van der Waals surface area contributed by atoms with Crippen molar-refractivity contribution in [2.45, 2.75) is 20.0 Å². The van der Waals surface area contributed by atoms with Crippen molar-refractivity contribution in [3.8, 4) is 5.75 Å². The second kappa shape index (κ2) is 8.89. The molecule has 3 amide bonds. The lowest BCUT2D eigenvalue weighted by atomic mass is 10.0. The van der Waals surface area contributed by atoms with Crippen LogP contribution in [0.25, 0.3) is 16.8 Å². The summed E-state index contributed by atoms with van der Waals surface area (Å²) in [7, 11) is 0. The van der Waals surface area contributed by atoms with E-state index < -0.39 is 11.0 Å². The van der Waals surface area contributed by atoms with Gasteiger partial charge in [0.25, 0.3) is 11.6 Å². The zero-order chi connectivity index (χ0) is 22.7. The van der Waals surface area contributed by atoms with Crippen LogP contribution in [0.3, 0.4) is 0 Å². The lowest BCUT2D eigenvalue weighted by Crippen LogP contribution is -2.31. The number of carbonyl (C=O) groups is 2. The van der Waals surface area contributed by atoms with E-state index in [2.05, 4.69) is 5.32 Å². The van der Waals surface area contributed by atoms with Crippen molar-refractivity contribution in [1.29, 1.82) is 0 Å². The van der Waals surface area contributed by atoms with Crippen LogP contribution in [0.15, 0.2) is 66.4 Å². The molecule has 0 aromatic heterocycles. The van der Waals surface area contributed by atoms with Crippen molar-refractivity contribution in [2.75, 3.05) is 6.54 Å². The van der Waals surface area contributed by atoms with Gasteiger partial charge >= 0.3 is 6.03 Å². The Morgan fingerprint density at radius 3 is 2.53 bits per heavy atom. The molecule has 1 aliphatic heterocycles. The number of hydrogen-bond donors (Lipinski definition) is 1. The van der Waals surface area contributed by atoms with Gasteiger partial charge in [0.05, 0.1) is 4.92 Å². The van der Waals surface area contributed by atoms with Crippen molar-refractivity contribution < 1.29 is 19.2 Å². The Hall–Kier alpha value is -4.20. The van der Waals surface area contributed by atoms with Crippen LogP contribution in [0, 0.1) is 10.1 Å². The van der Waals surface area contributed by atoms with Gasteiger partial charge in [0.2, 0.25) is 0 Å². The summed E-state index contributed by atoms with van der Waals surface area (Å²) in [6, 6.07) is 17.1. The van der Waals surface area contributed by atoms with E-state index in [4.69, 9.17) is 4.74 Å². The molecule has 8 nitrogen and oxygen atoms in total. The first kappa shape index (κ1) is 21.0. The van der Waals surface area contributed by atoms with Crippen LogP contribution in [0.1, 0.15) is 24.5 Å². The highest BCUT2D eigenvalue weighted by Gasteiger charge is 2.33. The Morgan fingerprint density at radius 1 is 1.06 bits per heavy atom. The summed E-state index contributed by atoms with van der Waals surface area (Å²) in [6.07, 6.45) is 2.31. The molecule has 0 aliphatic carbocycles. The van der Waals surface area contributed by atoms with Gasteiger partial charge in [-0.1, -0.05) is 37.3 Å². The summed E-state index contributed by atoms with van der Waals surface area (Å²) < 4.78 is 6.03. The minimum absolute atomic E-state index is 0.0111. The van der Waals surface area contributed by atoms with E-state index in [1.807, 2.05) is 43.3 Å². The summed E-state index contributed by atoms with van der Waals surface area (Å²) in [5.41, 5.74) is 1.64. The monoisotopic (exact) mass is 431 g/mol. The predicted octanol–water partition coefficient (Wildman–Crippen LogP) is 4.63. The second-order valence-electron chi connectivity index (χ2n) is 7.36. The maximum Gasteiger partial charge on any atom is 0.329 e. The van der Waals surface area contributed by atoms with E-state index in [0.29, 0.717) is 24.3 Å². The van der Waals surface area contributed by atoms with Crippen LogP contribution in [0.5, 0.6) is 5.75 Å². The number of imide groups is 1. The number of nitro groups is 1. The minimum Gasteiger partial charge on any atom is -0.488 e. The summed E-state index contributed by atoms with van der Waals surface area (Å²) in [5.74, 6) is 0.164. The third-order valence-electron chi connectivity index (χ3n) is 5.17. The first-order chi connectivity index (χ1) is 15.5. The number of rotatable bonds is 7. The van der Waals surface area contributed by atoms with E-state index >= 15 is 0 Å². The molecule has 1 fully saturated rings. The van der Waals surface area contributed by atoms with Crippen LogP contribution in [0.4, 0.5) is 10.5 Å². The summed E-state index contributed by atoms with van der Waals surface area (Å²) in [6.45, 7) is 2.44. The quantitative estimate of drug-likeness (QED) is 0.254. The minimum atomic E-state index is -0.451. The van der Waals surface area contributed by atoms with Crippen molar-refractivity contribution in [2.24, 2.45) is 0 Å². The van der Waals surface area contributed by atoms with Gasteiger partial charge in [-0.25, -0.2) is 4.79 Å². The number of nitrogens with zero attached hydrogens (tertiary/aromatic N) is 2. The highest BCUT2D eigenvalue weighted by atomic mass is 16.6. The highest BCUT2D eigenvalue weighted by Crippen LogP contribution is 2.31. The Morgan fingerprint density at radius 2 is 1.81 bits per heavy atom. The molecule has 0 unspecified atom stereocenters.